The first-order valence-electron chi connectivity index (χ1n) is 13.6. The number of aliphatic carboxylic acids is 1. The molecule has 3 aromatic rings. The summed E-state index contributed by atoms with van der Waals surface area (Å²) in [6.45, 7) is 2.93. The van der Waals surface area contributed by atoms with E-state index in [1.54, 1.807) is 13.2 Å². The fraction of sp³-hybridized carbons (Fsp3) is 0.323. The molecular weight excluding hydrogens is 540 g/mol. The highest BCUT2D eigenvalue weighted by Gasteiger charge is 2.26. The molecule has 5 N–H and O–H groups in total. The summed E-state index contributed by atoms with van der Waals surface area (Å²) < 4.78 is 5.50. The van der Waals surface area contributed by atoms with Gasteiger partial charge in [-0.2, -0.15) is 0 Å². The number of nitrogens with one attached hydrogen (secondary N) is 4. The van der Waals surface area contributed by atoms with E-state index in [1.165, 1.54) is 13.8 Å². The fourth-order valence-corrected chi connectivity index (χ4v) is 4.28. The zero-order chi connectivity index (χ0) is 30.6. The Morgan fingerprint density at radius 2 is 1.43 bits per heavy atom. The van der Waals surface area contributed by atoms with Crippen molar-refractivity contribution in [2.24, 2.45) is 0 Å². The van der Waals surface area contributed by atoms with Crippen LogP contribution < -0.4 is 26.0 Å². The maximum atomic E-state index is 13.5. The number of carbonyl (C=O) groups is 5. The lowest BCUT2D eigenvalue weighted by Gasteiger charge is -2.23. The minimum atomic E-state index is -1.02. The number of amides is 4. The predicted octanol–water partition coefficient (Wildman–Crippen LogP) is 2.78. The van der Waals surface area contributed by atoms with Crippen molar-refractivity contribution in [1.82, 2.24) is 16.0 Å². The third-order valence-electron chi connectivity index (χ3n) is 6.54. The monoisotopic (exact) mass is 576 g/mol. The number of carbonyl (C=O) groups excluding carboxylic acids is 4. The van der Waals surface area contributed by atoms with Crippen LogP contribution in [0.1, 0.15) is 38.7 Å². The summed E-state index contributed by atoms with van der Waals surface area (Å²) in [5, 5.41) is 21.1. The van der Waals surface area contributed by atoms with Crippen LogP contribution in [0.4, 0.5) is 5.69 Å². The summed E-state index contributed by atoms with van der Waals surface area (Å²) in [7, 11) is 1.55. The molecule has 0 aliphatic rings. The number of fused-ring (bicyclic) bond motifs is 1. The molecule has 0 radical (unpaired) electrons. The van der Waals surface area contributed by atoms with Gasteiger partial charge in [-0.3, -0.25) is 24.0 Å². The zero-order valence-electron chi connectivity index (χ0n) is 23.8. The molecule has 4 amide bonds. The average molecular weight is 577 g/mol. The van der Waals surface area contributed by atoms with Crippen LogP contribution in [-0.2, 0) is 30.4 Å². The Labute approximate surface area is 244 Å². The third-order valence-corrected chi connectivity index (χ3v) is 6.54. The van der Waals surface area contributed by atoms with Crippen LogP contribution in [0.25, 0.3) is 10.8 Å². The molecule has 222 valence electrons. The first kappa shape index (κ1) is 31.6. The number of carboxylic acid groups (broad SMARTS) is 1. The molecule has 0 heterocycles. The lowest BCUT2D eigenvalue weighted by molar-refractivity contribution is -0.137. The molecule has 0 unspecified atom stereocenters. The van der Waals surface area contributed by atoms with E-state index in [-0.39, 0.29) is 25.7 Å². The normalized spacial score (nSPS) is 12.8. The number of ether oxygens (including phenoxy) is 1. The van der Waals surface area contributed by atoms with Gasteiger partial charge in [0, 0.05) is 36.4 Å². The number of carboxylic acids is 1. The summed E-state index contributed by atoms with van der Waals surface area (Å²) >= 11 is 0. The third kappa shape index (κ3) is 9.33. The number of hydrogen-bond donors (Lipinski definition) is 5. The molecule has 0 bridgehead atoms. The molecule has 0 saturated carbocycles. The zero-order valence-corrected chi connectivity index (χ0v) is 23.8. The van der Waals surface area contributed by atoms with Crippen molar-refractivity contribution in [3.8, 4) is 5.75 Å². The molecule has 3 atom stereocenters. The molecule has 3 aromatic carbocycles. The van der Waals surface area contributed by atoms with Crippen molar-refractivity contribution < 1.29 is 33.8 Å². The van der Waals surface area contributed by atoms with Gasteiger partial charge in [-0.1, -0.05) is 54.6 Å². The Morgan fingerprint density at radius 3 is 2.12 bits per heavy atom. The van der Waals surface area contributed by atoms with Crippen molar-refractivity contribution in [1.29, 1.82) is 0 Å². The molecular formula is C31H36N4O7. The van der Waals surface area contributed by atoms with E-state index in [0.29, 0.717) is 11.4 Å². The van der Waals surface area contributed by atoms with Crippen molar-refractivity contribution >= 4 is 46.1 Å². The molecule has 42 heavy (non-hydrogen) atoms. The molecule has 0 aliphatic heterocycles. The van der Waals surface area contributed by atoms with Gasteiger partial charge in [-0.05, 0) is 37.3 Å². The number of methoxy groups -OCH3 is 1. The van der Waals surface area contributed by atoms with Crippen LogP contribution in [-0.4, -0.2) is 59.9 Å². The fourth-order valence-electron chi connectivity index (χ4n) is 4.28. The van der Waals surface area contributed by atoms with Crippen LogP contribution in [0.15, 0.2) is 66.7 Å². The van der Waals surface area contributed by atoms with Crippen molar-refractivity contribution in [3.05, 3.63) is 72.3 Å². The van der Waals surface area contributed by atoms with Gasteiger partial charge in [0.05, 0.1) is 7.11 Å². The first-order valence-corrected chi connectivity index (χ1v) is 13.6. The quantitative estimate of drug-likeness (QED) is 0.197. The Bertz CT molecular complexity index is 1430. The molecule has 0 aromatic heterocycles. The summed E-state index contributed by atoms with van der Waals surface area (Å²) in [4.78, 5) is 61.8. The smallest absolute Gasteiger partial charge is 0.303 e. The molecule has 11 nitrogen and oxygen atoms in total. The first-order chi connectivity index (χ1) is 20.1. The Balaban J connectivity index is 1.67. The van der Waals surface area contributed by atoms with Gasteiger partial charge in [0.15, 0.2) is 0 Å². The van der Waals surface area contributed by atoms with Gasteiger partial charge in [0.1, 0.15) is 23.9 Å². The van der Waals surface area contributed by atoms with E-state index in [0.717, 1.165) is 16.3 Å². The van der Waals surface area contributed by atoms with Gasteiger partial charge in [0.25, 0.3) is 0 Å². The summed E-state index contributed by atoms with van der Waals surface area (Å²) in [5.74, 6) is -2.53. The number of rotatable bonds is 14. The number of anilines is 1. The van der Waals surface area contributed by atoms with E-state index in [4.69, 9.17) is 9.84 Å². The lowest BCUT2D eigenvalue weighted by Crippen LogP contribution is -2.55. The SMILES string of the molecule is COc1cc(NC(=O)[C@H](Cc2ccccc2)NC(=O)[C@H](C)NC(=O)[C@@H](C)NC(=O)CCCC(=O)O)cc2ccccc12. The van der Waals surface area contributed by atoms with Gasteiger partial charge >= 0.3 is 5.97 Å². The van der Waals surface area contributed by atoms with Crippen LogP contribution in [0.2, 0.25) is 0 Å². The van der Waals surface area contributed by atoms with Crippen LogP contribution in [0.3, 0.4) is 0 Å². The second-order valence-corrected chi connectivity index (χ2v) is 9.91. The lowest BCUT2D eigenvalue weighted by atomic mass is 10.0. The van der Waals surface area contributed by atoms with E-state index >= 15 is 0 Å². The molecule has 11 heteroatoms. The number of hydrogen-bond acceptors (Lipinski definition) is 6. The largest absolute Gasteiger partial charge is 0.496 e. The van der Waals surface area contributed by atoms with E-state index < -0.39 is 47.7 Å². The van der Waals surface area contributed by atoms with Crippen LogP contribution in [0, 0.1) is 0 Å². The van der Waals surface area contributed by atoms with Gasteiger partial charge in [-0.25, -0.2) is 0 Å². The van der Waals surface area contributed by atoms with Gasteiger partial charge < -0.3 is 31.1 Å². The van der Waals surface area contributed by atoms with E-state index in [2.05, 4.69) is 21.3 Å². The highest BCUT2D eigenvalue weighted by Crippen LogP contribution is 2.29. The summed E-state index contributed by atoms with van der Waals surface area (Å²) in [6.07, 6.45) is 0.147. The highest BCUT2D eigenvalue weighted by molar-refractivity contribution is 6.01. The summed E-state index contributed by atoms with van der Waals surface area (Å²) in [6, 6.07) is 17.4. The average Bonchev–Trinajstić information content (AvgIpc) is 2.96. The molecule has 0 spiro atoms. The van der Waals surface area contributed by atoms with Crippen LogP contribution >= 0.6 is 0 Å². The van der Waals surface area contributed by atoms with Gasteiger partial charge in [-0.15, -0.1) is 0 Å². The molecule has 0 fully saturated rings. The van der Waals surface area contributed by atoms with Crippen molar-refractivity contribution in [2.75, 3.05) is 12.4 Å². The Morgan fingerprint density at radius 1 is 0.786 bits per heavy atom. The van der Waals surface area contributed by atoms with Crippen molar-refractivity contribution in [2.45, 2.75) is 57.7 Å². The van der Waals surface area contributed by atoms with E-state index in [9.17, 15) is 24.0 Å². The predicted molar refractivity (Wildman–Crippen MR) is 158 cm³/mol. The van der Waals surface area contributed by atoms with Gasteiger partial charge in [0.2, 0.25) is 23.6 Å². The maximum Gasteiger partial charge on any atom is 0.303 e. The second-order valence-electron chi connectivity index (χ2n) is 9.91. The highest BCUT2D eigenvalue weighted by atomic mass is 16.5. The van der Waals surface area contributed by atoms with Crippen molar-refractivity contribution in [3.63, 3.8) is 0 Å². The van der Waals surface area contributed by atoms with Crippen LogP contribution in [0.5, 0.6) is 5.75 Å². The Hall–Kier alpha value is -4.93. The standard InChI is InChI=1S/C31H36N4O7/c1-19(32-27(36)14-9-15-28(37)38)29(39)33-20(2)30(40)35-25(16-21-10-5-4-6-11-21)31(41)34-23-17-22-12-7-8-13-24(22)26(18-23)42-3/h4-8,10-13,17-20,25H,9,14-16H2,1-3H3,(H,32,36)(H,33,39)(H,34,41)(H,35,40)(H,37,38)/t19-,20+,25+/m1/s1. The maximum absolute atomic E-state index is 13.5. The topological polar surface area (TPSA) is 163 Å². The molecule has 0 aliphatic carbocycles. The minimum Gasteiger partial charge on any atom is -0.496 e. The second kappa shape index (κ2) is 15.2. The minimum absolute atomic E-state index is 0.0423. The summed E-state index contributed by atoms with van der Waals surface area (Å²) in [5.41, 5.74) is 1.32. The molecule has 0 saturated heterocycles. The van der Waals surface area contributed by atoms with E-state index in [1.807, 2.05) is 60.7 Å². The number of benzene rings is 3. The Kier molecular flexibility index (Phi) is 11.4. The molecule has 3 rings (SSSR count).